The second-order valence-corrected chi connectivity index (χ2v) is 9.24. The average Bonchev–Trinajstić information content (AvgIpc) is 2.73. The molecule has 0 radical (unpaired) electrons. The van der Waals surface area contributed by atoms with Crippen molar-refractivity contribution < 1.29 is 39.5 Å². The highest BCUT2D eigenvalue weighted by Gasteiger charge is 2.29. The van der Waals surface area contributed by atoms with Crippen LogP contribution in [-0.2, 0) is 4.74 Å². The van der Waals surface area contributed by atoms with Crippen LogP contribution in [0.5, 0.6) is 0 Å². The first-order valence-electron chi connectivity index (χ1n) is 8.87. The Morgan fingerprint density at radius 1 is 0.871 bits per heavy atom. The summed E-state index contributed by atoms with van der Waals surface area (Å²) in [6.07, 6.45) is -3.10. The molecule has 14 heteroatoms. The van der Waals surface area contributed by atoms with Crippen LogP contribution in [-0.4, -0.2) is 83.5 Å². The number of nitrogens with one attached hydrogen (secondary N) is 3. The smallest absolute Gasteiger partial charge is 0.411 e. The number of hydrogen-bond acceptors (Lipinski definition) is 8. The number of anilines is 1. The van der Waals surface area contributed by atoms with Gasteiger partial charge in [-0.3, -0.25) is 14.9 Å². The lowest BCUT2D eigenvalue weighted by molar-refractivity contribution is 0.0798. The summed E-state index contributed by atoms with van der Waals surface area (Å²) in [5, 5.41) is 44.4. The zero-order chi connectivity index (χ0) is 23.7. The summed E-state index contributed by atoms with van der Waals surface area (Å²) >= 11 is 5.54. The third-order valence-electron chi connectivity index (χ3n) is 3.69. The molecule has 1 rings (SSSR count). The van der Waals surface area contributed by atoms with Crippen molar-refractivity contribution in [2.24, 2.45) is 0 Å². The summed E-state index contributed by atoms with van der Waals surface area (Å²) in [5.41, 5.74) is 0.332. The molecule has 11 nitrogen and oxygen atoms in total. The number of aliphatic hydroxyl groups excluding tert-OH is 4. The number of amides is 3. The summed E-state index contributed by atoms with van der Waals surface area (Å²) in [6, 6.07) is 0. The molecule has 174 valence electrons. The SMILES string of the molecule is CCOC(=O)Nc1c(I)c(C(=O)NCC(O)CO)c(I)c(C(=O)NCC(O)CO)c1I. The van der Waals surface area contributed by atoms with Gasteiger partial charge in [-0.2, -0.15) is 0 Å². The van der Waals surface area contributed by atoms with Crippen LogP contribution in [0.25, 0.3) is 0 Å². The Kier molecular flexibility index (Phi) is 12.8. The van der Waals surface area contributed by atoms with Gasteiger partial charge in [0, 0.05) is 16.7 Å². The van der Waals surface area contributed by atoms with Crippen molar-refractivity contribution in [1.29, 1.82) is 0 Å². The van der Waals surface area contributed by atoms with E-state index in [-0.39, 0.29) is 40.1 Å². The molecule has 3 amide bonds. The molecule has 0 aliphatic heterocycles. The number of ether oxygens (including phenoxy) is 1. The van der Waals surface area contributed by atoms with E-state index in [0.717, 1.165) is 0 Å². The molecule has 1 aromatic carbocycles. The number of aliphatic hydroxyl groups is 4. The number of hydrogen-bond donors (Lipinski definition) is 7. The molecule has 0 aliphatic carbocycles. The minimum atomic E-state index is -1.16. The van der Waals surface area contributed by atoms with E-state index in [4.69, 9.17) is 14.9 Å². The van der Waals surface area contributed by atoms with Crippen LogP contribution < -0.4 is 16.0 Å². The maximum atomic E-state index is 12.8. The van der Waals surface area contributed by atoms with Crippen LogP contribution in [0.1, 0.15) is 27.6 Å². The van der Waals surface area contributed by atoms with Gasteiger partial charge in [0.1, 0.15) is 0 Å². The van der Waals surface area contributed by atoms with Gasteiger partial charge in [-0.05, 0) is 74.7 Å². The van der Waals surface area contributed by atoms with Gasteiger partial charge in [0.25, 0.3) is 11.8 Å². The van der Waals surface area contributed by atoms with E-state index in [9.17, 15) is 24.6 Å². The molecule has 0 bridgehead atoms. The van der Waals surface area contributed by atoms with Crippen LogP contribution in [0.15, 0.2) is 0 Å². The minimum absolute atomic E-state index is 0.0754. The number of carbonyl (C=O) groups excluding carboxylic acids is 3. The summed E-state index contributed by atoms with van der Waals surface area (Å²) in [4.78, 5) is 37.6. The summed E-state index contributed by atoms with van der Waals surface area (Å²) in [6.45, 7) is 0.203. The largest absolute Gasteiger partial charge is 0.450 e. The highest BCUT2D eigenvalue weighted by Crippen LogP contribution is 2.36. The molecular weight excluding hydrogens is 755 g/mol. The third kappa shape index (κ3) is 8.07. The monoisotopic (exact) mass is 777 g/mol. The molecule has 0 aliphatic rings. The van der Waals surface area contributed by atoms with E-state index < -0.39 is 43.3 Å². The van der Waals surface area contributed by atoms with Crippen molar-refractivity contribution in [3.05, 3.63) is 21.8 Å². The standard InChI is InChI=1S/C17H22I3N3O8/c1-2-31-17(30)23-14-12(19)9(15(28)21-3-7(26)5-24)11(18)10(13(14)20)16(29)22-4-8(27)6-25/h7-8,24-27H,2-6H2,1H3,(H,21,28)(H,22,29)(H,23,30). The van der Waals surface area contributed by atoms with E-state index in [2.05, 4.69) is 16.0 Å². The van der Waals surface area contributed by atoms with Crippen molar-refractivity contribution >= 4 is 91.4 Å². The van der Waals surface area contributed by atoms with Crippen molar-refractivity contribution in [3.8, 4) is 0 Å². The molecular formula is C17H22I3N3O8. The molecule has 2 atom stereocenters. The molecule has 0 fully saturated rings. The van der Waals surface area contributed by atoms with Crippen molar-refractivity contribution in [2.45, 2.75) is 19.1 Å². The average molecular weight is 777 g/mol. The summed E-state index contributed by atoms with van der Waals surface area (Å²) in [7, 11) is 0. The highest BCUT2D eigenvalue weighted by molar-refractivity contribution is 14.1. The number of halogens is 3. The highest BCUT2D eigenvalue weighted by atomic mass is 127. The van der Waals surface area contributed by atoms with Gasteiger partial charge in [0.2, 0.25) is 0 Å². The van der Waals surface area contributed by atoms with Gasteiger partial charge in [-0.1, -0.05) is 0 Å². The van der Waals surface area contributed by atoms with E-state index in [1.54, 1.807) is 6.92 Å². The predicted molar refractivity (Wildman–Crippen MR) is 136 cm³/mol. The lowest BCUT2D eigenvalue weighted by Gasteiger charge is -2.20. The first kappa shape index (κ1) is 28.5. The fourth-order valence-electron chi connectivity index (χ4n) is 2.17. The van der Waals surface area contributed by atoms with Crippen LogP contribution in [0.2, 0.25) is 0 Å². The third-order valence-corrected chi connectivity index (χ3v) is 6.93. The van der Waals surface area contributed by atoms with Crippen molar-refractivity contribution in [2.75, 3.05) is 38.2 Å². The Hall–Kier alpha value is -0.540. The lowest BCUT2D eigenvalue weighted by Crippen LogP contribution is -2.37. The number of rotatable bonds is 10. The Morgan fingerprint density at radius 2 is 1.29 bits per heavy atom. The lowest BCUT2D eigenvalue weighted by atomic mass is 10.1. The van der Waals surface area contributed by atoms with Crippen LogP contribution in [0, 0.1) is 10.7 Å². The fourth-order valence-corrected chi connectivity index (χ4v) is 6.58. The second kappa shape index (κ2) is 13.9. The van der Waals surface area contributed by atoms with E-state index in [0.29, 0.717) is 7.14 Å². The zero-order valence-electron chi connectivity index (χ0n) is 16.2. The van der Waals surface area contributed by atoms with Gasteiger partial charge in [-0.25, -0.2) is 4.79 Å². The topological polar surface area (TPSA) is 177 Å². The van der Waals surface area contributed by atoms with Gasteiger partial charge < -0.3 is 35.8 Å². The summed E-state index contributed by atoms with van der Waals surface area (Å²) < 4.78 is 5.83. The van der Waals surface area contributed by atoms with Crippen molar-refractivity contribution in [1.82, 2.24) is 10.6 Å². The quantitative estimate of drug-likeness (QED) is 0.165. The molecule has 0 spiro atoms. The van der Waals surface area contributed by atoms with Gasteiger partial charge in [0.05, 0.1) is 56.0 Å². The maximum Gasteiger partial charge on any atom is 0.411 e. The fraction of sp³-hybridized carbons (Fsp3) is 0.471. The van der Waals surface area contributed by atoms with Crippen LogP contribution in [0.4, 0.5) is 10.5 Å². The van der Waals surface area contributed by atoms with Crippen LogP contribution >= 0.6 is 67.8 Å². The molecule has 31 heavy (non-hydrogen) atoms. The Morgan fingerprint density at radius 3 is 1.65 bits per heavy atom. The normalized spacial score (nSPS) is 12.6. The minimum Gasteiger partial charge on any atom is -0.450 e. The van der Waals surface area contributed by atoms with E-state index >= 15 is 0 Å². The first-order chi connectivity index (χ1) is 14.6. The van der Waals surface area contributed by atoms with Gasteiger partial charge >= 0.3 is 6.09 Å². The second-order valence-electron chi connectivity index (χ2n) is 6.01. The molecule has 0 saturated carbocycles. The number of benzene rings is 1. The summed E-state index contributed by atoms with van der Waals surface area (Å²) in [5.74, 6) is -1.26. The molecule has 0 saturated heterocycles. The first-order valence-corrected chi connectivity index (χ1v) is 12.1. The van der Waals surface area contributed by atoms with Crippen LogP contribution in [0.3, 0.4) is 0 Å². The molecule has 0 aromatic heterocycles. The molecule has 2 unspecified atom stereocenters. The Balaban J connectivity index is 3.48. The Bertz CT molecular complexity index is 771. The number of carbonyl (C=O) groups is 3. The molecule has 7 N–H and O–H groups in total. The molecule has 1 aromatic rings. The van der Waals surface area contributed by atoms with Gasteiger partial charge in [0.15, 0.2) is 0 Å². The van der Waals surface area contributed by atoms with Gasteiger partial charge in [-0.15, -0.1) is 0 Å². The van der Waals surface area contributed by atoms with E-state index in [1.807, 2.05) is 67.8 Å². The maximum absolute atomic E-state index is 12.8. The Labute approximate surface area is 219 Å². The van der Waals surface area contributed by atoms with Crippen molar-refractivity contribution in [3.63, 3.8) is 0 Å². The van der Waals surface area contributed by atoms with E-state index in [1.165, 1.54) is 0 Å². The zero-order valence-corrected chi connectivity index (χ0v) is 22.7. The predicted octanol–water partition coefficient (Wildman–Crippen LogP) is 0.235. The molecule has 0 heterocycles.